The molecular weight excluding hydrogens is 201 g/mol. The fourth-order valence-electron chi connectivity index (χ4n) is 2.66. The predicted octanol–water partition coefficient (Wildman–Crippen LogP) is 4.21. The second kappa shape index (κ2) is 5.33. The van der Waals surface area contributed by atoms with Gasteiger partial charge in [0.25, 0.3) is 0 Å². The fraction of sp³-hybridized carbons (Fsp3) is 0.571. The van der Waals surface area contributed by atoms with Crippen molar-refractivity contribution >= 4 is 5.69 Å². The molecule has 0 bridgehead atoms. The molecule has 1 nitrogen and oxygen atoms in total. The van der Waals surface area contributed by atoms with Crippen LogP contribution in [0.2, 0.25) is 0 Å². The molecule has 0 amide bonds. The molecule has 2 unspecified atom stereocenters. The maximum Gasteiger partial charge on any atom is 0.146 e. The molecule has 0 aromatic heterocycles. The molecule has 1 aromatic carbocycles. The number of rotatable bonds is 3. The first kappa shape index (κ1) is 11.4. The van der Waals surface area contributed by atoms with Gasteiger partial charge in [-0.1, -0.05) is 38.3 Å². The molecule has 1 fully saturated rings. The minimum atomic E-state index is -0.136. The Bertz CT molecular complexity index is 337. The highest BCUT2D eigenvalue weighted by molar-refractivity contribution is 5.45. The molecule has 2 atom stereocenters. The van der Waals surface area contributed by atoms with Crippen LogP contribution in [0.1, 0.15) is 39.0 Å². The Balaban J connectivity index is 2.05. The number of nitrogens with one attached hydrogen (secondary N) is 1. The Kier molecular flexibility index (Phi) is 3.81. The van der Waals surface area contributed by atoms with Crippen molar-refractivity contribution in [3.05, 3.63) is 30.1 Å². The molecule has 1 aliphatic carbocycles. The standard InChI is InChI=1S/C14H20FN/c1-2-11-7-3-5-9-13(11)16-14-10-6-4-8-12(14)15/h4,6,8,10-11,13,16H,2-3,5,7,9H2,1H3. The number of hydrogen-bond donors (Lipinski definition) is 1. The van der Waals surface area contributed by atoms with Crippen LogP contribution in [-0.2, 0) is 0 Å². The molecule has 88 valence electrons. The zero-order valence-corrected chi connectivity index (χ0v) is 9.88. The zero-order chi connectivity index (χ0) is 11.4. The van der Waals surface area contributed by atoms with E-state index in [4.69, 9.17) is 0 Å². The summed E-state index contributed by atoms with van der Waals surface area (Å²) >= 11 is 0. The van der Waals surface area contributed by atoms with Crippen molar-refractivity contribution in [2.24, 2.45) is 5.92 Å². The second-order valence-electron chi connectivity index (χ2n) is 4.68. The average molecular weight is 221 g/mol. The molecule has 0 heterocycles. The van der Waals surface area contributed by atoms with Gasteiger partial charge in [0.05, 0.1) is 5.69 Å². The van der Waals surface area contributed by atoms with Gasteiger partial charge in [-0.05, 0) is 30.9 Å². The lowest BCUT2D eigenvalue weighted by atomic mass is 9.83. The number of anilines is 1. The first-order valence-electron chi connectivity index (χ1n) is 6.32. The summed E-state index contributed by atoms with van der Waals surface area (Å²) in [4.78, 5) is 0. The van der Waals surface area contributed by atoms with Crippen molar-refractivity contribution in [1.82, 2.24) is 0 Å². The molecule has 0 radical (unpaired) electrons. The topological polar surface area (TPSA) is 12.0 Å². The van der Waals surface area contributed by atoms with Crippen molar-refractivity contribution < 1.29 is 4.39 Å². The quantitative estimate of drug-likeness (QED) is 0.806. The Morgan fingerprint density at radius 1 is 1.25 bits per heavy atom. The van der Waals surface area contributed by atoms with Gasteiger partial charge in [0.15, 0.2) is 0 Å². The molecule has 16 heavy (non-hydrogen) atoms. The maximum absolute atomic E-state index is 13.5. The number of para-hydroxylation sites is 1. The van der Waals surface area contributed by atoms with Crippen LogP contribution < -0.4 is 5.32 Å². The summed E-state index contributed by atoms with van der Waals surface area (Å²) in [7, 11) is 0. The van der Waals surface area contributed by atoms with Gasteiger partial charge in [-0.15, -0.1) is 0 Å². The van der Waals surface area contributed by atoms with E-state index in [1.165, 1.54) is 38.2 Å². The van der Waals surface area contributed by atoms with Crippen molar-refractivity contribution in [3.63, 3.8) is 0 Å². The smallest absolute Gasteiger partial charge is 0.146 e. The van der Waals surface area contributed by atoms with E-state index in [0.29, 0.717) is 17.6 Å². The van der Waals surface area contributed by atoms with Crippen LogP contribution in [0, 0.1) is 11.7 Å². The highest BCUT2D eigenvalue weighted by atomic mass is 19.1. The predicted molar refractivity (Wildman–Crippen MR) is 66.1 cm³/mol. The van der Waals surface area contributed by atoms with Gasteiger partial charge in [-0.2, -0.15) is 0 Å². The lowest BCUT2D eigenvalue weighted by molar-refractivity contribution is 0.316. The van der Waals surface area contributed by atoms with Gasteiger partial charge < -0.3 is 5.32 Å². The first-order chi connectivity index (χ1) is 7.81. The molecule has 0 saturated heterocycles. The summed E-state index contributed by atoms with van der Waals surface area (Å²) < 4.78 is 13.5. The minimum absolute atomic E-state index is 0.136. The van der Waals surface area contributed by atoms with E-state index in [1.54, 1.807) is 6.07 Å². The molecule has 2 rings (SSSR count). The zero-order valence-electron chi connectivity index (χ0n) is 9.88. The molecule has 1 saturated carbocycles. The summed E-state index contributed by atoms with van der Waals surface area (Å²) in [5, 5.41) is 3.38. The van der Waals surface area contributed by atoms with Crippen LogP contribution >= 0.6 is 0 Å². The van der Waals surface area contributed by atoms with Gasteiger partial charge in [0.2, 0.25) is 0 Å². The molecule has 1 aliphatic rings. The number of benzene rings is 1. The van der Waals surface area contributed by atoms with Crippen LogP contribution in [0.25, 0.3) is 0 Å². The summed E-state index contributed by atoms with van der Waals surface area (Å²) in [6.45, 7) is 2.23. The Morgan fingerprint density at radius 3 is 2.75 bits per heavy atom. The summed E-state index contributed by atoms with van der Waals surface area (Å²) in [6.07, 6.45) is 6.23. The molecule has 1 aromatic rings. The SMILES string of the molecule is CCC1CCCCC1Nc1ccccc1F. The van der Waals surface area contributed by atoms with Crippen LogP contribution in [0.4, 0.5) is 10.1 Å². The molecular formula is C14H20FN. The molecule has 0 spiro atoms. The summed E-state index contributed by atoms with van der Waals surface area (Å²) in [5.74, 6) is 0.566. The highest BCUT2D eigenvalue weighted by Crippen LogP contribution is 2.29. The van der Waals surface area contributed by atoms with E-state index in [2.05, 4.69) is 12.2 Å². The summed E-state index contributed by atoms with van der Waals surface area (Å²) in [5.41, 5.74) is 0.660. The average Bonchev–Trinajstić information content (AvgIpc) is 2.33. The maximum atomic E-state index is 13.5. The molecule has 2 heteroatoms. The first-order valence-corrected chi connectivity index (χ1v) is 6.32. The lowest BCUT2D eigenvalue weighted by Gasteiger charge is -2.32. The van der Waals surface area contributed by atoms with Gasteiger partial charge in [0, 0.05) is 6.04 Å². The van der Waals surface area contributed by atoms with Crippen LogP contribution in [0.15, 0.2) is 24.3 Å². The van der Waals surface area contributed by atoms with Crippen LogP contribution in [-0.4, -0.2) is 6.04 Å². The minimum Gasteiger partial charge on any atom is -0.380 e. The van der Waals surface area contributed by atoms with Crippen molar-refractivity contribution in [1.29, 1.82) is 0 Å². The van der Waals surface area contributed by atoms with Gasteiger partial charge in [-0.25, -0.2) is 4.39 Å². The van der Waals surface area contributed by atoms with E-state index in [-0.39, 0.29) is 5.82 Å². The van der Waals surface area contributed by atoms with Gasteiger partial charge in [0.1, 0.15) is 5.82 Å². The number of halogens is 1. The fourth-order valence-corrected chi connectivity index (χ4v) is 2.66. The third-order valence-corrected chi connectivity index (χ3v) is 3.65. The Morgan fingerprint density at radius 2 is 2.00 bits per heavy atom. The third kappa shape index (κ3) is 2.55. The van der Waals surface area contributed by atoms with Gasteiger partial charge in [-0.3, -0.25) is 0 Å². The summed E-state index contributed by atoms with van der Waals surface area (Å²) in [6, 6.07) is 7.42. The molecule has 0 aliphatic heterocycles. The Hall–Kier alpha value is -1.05. The monoisotopic (exact) mass is 221 g/mol. The largest absolute Gasteiger partial charge is 0.380 e. The van der Waals surface area contributed by atoms with E-state index in [9.17, 15) is 4.39 Å². The van der Waals surface area contributed by atoms with E-state index in [1.807, 2.05) is 12.1 Å². The third-order valence-electron chi connectivity index (χ3n) is 3.65. The van der Waals surface area contributed by atoms with Gasteiger partial charge >= 0.3 is 0 Å². The van der Waals surface area contributed by atoms with E-state index >= 15 is 0 Å². The number of hydrogen-bond acceptors (Lipinski definition) is 1. The van der Waals surface area contributed by atoms with E-state index < -0.39 is 0 Å². The highest BCUT2D eigenvalue weighted by Gasteiger charge is 2.23. The lowest BCUT2D eigenvalue weighted by Crippen LogP contribution is -2.32. The Labute approximate surface area is 97.1 Å². The second-order valence-corrected chi connectivity index (χ2v) is 4.68. The molecule has 1 N–H and O–H groups in total. The van der Waals surface area contributed by atoms with Crippen LogP contribution in [0.5, 0.6) is 0 Å². The van der Waals surface area contributed by atoms with Crippen molar-refractivity contribution in [2.45, 2.75) is 45.1 Å². The van der Waals surface area contributed by atoms with Crippen molar-refractivity contribution in [3.8, 4) is 0 Å². The normalized spacial score (nSPS) is 25.4. The van der Waals surface area contributed by atoms with E-state index in [0.717, 1.165) is 0 Å². The van der Waals surface area contributed by atoms with Crippen molar-refractivity contribution in [2.75, 3.05) is 5.32 Å². The van der Waals surface area contributed by atoms with Crippen LogP contribution in [0.3, 0.4) is 0 Å².